The fourth-order valence-corrected chi connectivity index (χ4v) is 4.46. The number of hydrogen-bond donors (Lipinski definition) is 3. The average Bonchev–Trinajstić information content (AvgIpc) is 2.87. The van der Waals surface area contributed by atoms with Crippen molar-refractivity contribution in [2.45, 2.75) is 26.3 Å². The molecule has 1 amide bonds. The van der Waals surface area contributed by atoms with Crippen LogP contribution < -0.4 is 16.0 Å². The fourth-order valence-electron chi connectivity index (χ4n) is 2.79. The van der Waals surface area contributed by atoms with Crippen LogP contribution in [0.15, 0.2) is 30.3 Å². The molecule has 3 rings (SSSR count). The van der Waals surface area contributed by atoms with Gasteiger partial charge >= 0.3 is 0 Å². The zero-order valence-corrected chi connectivity index (χ0v) is 15.4. The number of rotatable bonds is 5. The molecule has 1 fully saturated rings. The van der Waals surface area contributed by atoms with Crippen LogP contribution in [-0.2, 0) is 14.6 Å². The van der Waals surface area contributed by atoms with Crippen LogP contribution in [0.1, 0.15) is 19.0 Å². The molecule has 0 saturated carbocycles. The molecule has 0 aliphatic carbocycles. The minimum absolute atomic E-state index is 0.126. The monoisotopic (exact) mass is 375 g/mol. The fraction of sp³-hybridized carbons (Fsp3) is 0.353. The second kappa shape index (κ2) is 7.28. The van der Waals surface area contributed by atoms with Gasteiger partial charge in [0.2, 0.25) is 11.9 Å². The number of nitrogens with zero attached hydrogens (tertiary/aromatic N) is 2. The third-order valence-electron chi connectivity index (χ3n) is 3.90. The van der Waals surface area contributed by atoms with E-state index in [1.807, 2.05) is 19.1 Å². The Morgan fingerprint density at radius 3 is 2.46 bits per heavy atom. The quantitative estimate of drug-likeness (QED) is 0.733. The third kappa shape index (κ3) is 4.92. The molecule has 0 bridgehead atoms. The molecule has 3 N–H and O–H groups in total. The van der Waals surface area contributed by atoms with E-state index in [1.165, 1.54) is 6.92 Å². The number of hydrogen-bond acceptors (Lipinski definition) is 7. The van der Waals surface area contributed by atoms with E-state index in [4.69, 9.17) is 0 Å². The number of sulfone groups is 1. The molecule has 9 heteroatoms. The van der Waals surface area contributed by atoms with Crippen LogP contribution in [0.5, 0.6) is 0 Å². The summed E-state index contributed by atoms with van der Waals surface area (Å²) < 4.78 is 23.2. The lowest BCUT2D eigenvalue weighted by molar-refractivity contribution is -0.114. The summed E-state index contributed by atoms with van der Waals surface area (Å²) in [5.74, 6) is 1.22. The first-order valence-electron chi connectivity index (χ1n) is 8.26. The average molecular weight is 375 g/mol. The van der Waals surface area contributed by atoms with Gasteiger partial charge in [0.1, 0.15) is 5.82 Å². The summed E-state index contributed by atoms with van der Waals surface area (Å²) in [6, 6.07) is 8.85. The van der Waals surface area contributed by atoms with Crippen molar-refractivity contribution in [1.29, 1.82) is 0 Å². The Morgan fingerprint density at radius 1 is 1.15 bits per heavy atom. The van der Waals surface area contributed by atoms with E-state index in [9.17, 15) is 13.2 Å². The second-order valence-corrected chi connectivity index (χ2v) is 8.57. The number of carbonyl (C=O) groups is 1. The van der Waals surface area contributed by atoms with Gasteiger partial charge in [0, 0.05) is 36.1 Å². The van der Waals surface area contributed by atoms with Gasteiger partial charge in [0.25, 0.3) is 0 Å². The van der Waals surface area contributed by atoms with Crippen molar-refractivity contribution in [1.82, 2.24) is 9.97 Å². The van der Waals surface area contributed by atoms with Crippen molar-refractivity contribution in [2.75, 3.05) is 27.5 Å². The molecule has 8 nitrogen and oxygen atoms in total. The summed E-state index contributed by atoms with van der Waals surface area (Å²) in [5, 5.41) is 8.99. The summed E-state index contributed by atoms with van der Waals surface area (Å²) >= 11 is 0. The minimum atomic E-state index is -2.95. The maximum Gasteiger partial charge on any atom is 0.229 e. The van der Waals surface area contributed by atoms with Gasteiger partial charge in [-0.05, 0) is 37.6 Å². The van der Waals surface area contributed by atoms with Crippen molar-refractivity contribution in [2.24, 2.45) is 0 Å². The van der Waals surface area contributed by atoms with Crippen molar-refractivity contribution < 1.29 is 13.2 Å². The summed E-state index contributed by atoms with van der Waals surface area (Å²) in [6.45, 7) is 3.31. The van der Waals surface area contributed by atoms with Gasteiger partial charge in [-0.25, -0.2) is 13.4 Å². The van der Waals surface area contributed by atoms with E-state index in [-0.39, 0.29) is 23.5 Å². The highest BCUT2D eigenvalue weighted by atomic mass is 32.2. The lowest BCUT2D eigenvalue weighted by Crippen LogP contribution is -2.21. The molecule has 26 heavy (non-hydrogen) atoms. The van der Waals surface area contributed by atoms with Crippen LogP contribution in [-0.4, -0.2) is 41.8 Å². The van der Waals surface area contributed by atoms with Crippen LogP contribution in [0.2, 0.25) is 0 Å². The Labute approximate surface area is 152 Å². The number of benzene rings is 1. The Bertz CT molecular complexity index is 912. The van der Waals surface area contributed by atoms with Gasteiger partial charge < -0.3 is 16.0 Å². The van der Waals surface area contributed by atoms with Gasteiger partial charge in [-0.1, -0.05) is 0 Å². The predicted molar refractivity (Wildman–Crippen MR) is 101 cm³/mol. The van der Waals surface area contributed by atoms with Crippen LogP contribution >= 0.6 is 0 Å². The van der Waals surface area contributed by atoms with E-state index in [2.05, 4.69) is 25.9 Å². The minimum Gasteiger partial charge on any atom is -0.366 e. The molecule has 1 atom stereocenters. The zero-order chi connectivity index (χ0) is 18.7. The Balaban J connectivity index is 1.70. The van der Waals surface area contributed by atoms with Crippen molar-refractivity contribution >= 4 is 38.9 Å². The Hall–Kier alpha value is -2.68. The number of amides is 1. The lowest BCUT2D eigenvalue weighted by atomic mass is 10.2. The zero-order valence-electron chi connectivity index (χ0n) is 14.6. The van der Waals surface area contributed by atoms with Crippen LogP contribution in [0.25, 0.3) is 0 Å². The van der Waals surface area contributed by atoms with Gasteiger partial charge in [-0.2, -0.15) is 4.98 Å². The SMILES string of the molecule is CC(=O)Nc1ccc(Nc2nc(C)cc(NC3CCS(=O)(=O)C3)n2)cc1. The summed E-state index contributed by atoms with van der Waals surface area (Å²) in [6.07, 6.45) is 0.582. The number of carbonyl (C=O) groups excluding carboxylic acids is 1. The van der Waals surface area contributed by atoms with E-state index in [0.29, 0.717) is 23.9 Å². The molecule has 1 saturated heterocycles. The largest absolute Gasteiger partial charge is 0.366 e. The standard InChI is InChI=1S/C17H21N5O3S/c1-11-9-16(20-15-7-8-26(24,25)10-15)22-17(18-11)21-14-5-3-13(4-6-14)19-12(2)23/h3-6,9,15H,7-8,10H2,1-2H3,(H,19,23)(H2,18,20,21,22). The smallest absolute Gasteiger partial charge is 0.229 e. The first kappa shape index (κ1) is 18.1. The first-order chi connectivity index (χ1) is 12.3. The number of nitrogens with one attached hydrogen (secondary N) is 3. The van der Waals surface area contributed by atoms with Crippen LogP contribution in [0.3, 0.4) is 0 Å². The highest BCUT2D eigenvalue weighted by molar-refractivity contribution is 7.91. The summed E-state index contributed by atoms with van der Waals surface area (Å²) in [4.78, 5) is 19.8. The summed E-state index contributed by atoms with van der Waals surface area (Å²) in [5.41, 5.74) is 2.25. The lowest BCUT2D eigenvalue weighted by Gasteiger charge is -2.14. The normalized spacial score (nSPS) is 18.3. The van der Waals surface area contributed by atoms with Gasteiger partial charge in [-0.3, -0.25) is 4.79 Å². The maximum absolute atomic E-state index is 11.6. The van der Waals surface area contributed by atoms with Crippen molar-refractivity contribution in [3.63, 3.8) is 0 Å². The third-order valence-corrected chi connectivity index (χ3v) is 5.67. The molecule has 1 unspecified atom stereocenters. The van der Waals surface area contributed by atoms with Crippen molar-refractivity contribution in [3.05, 3.63) is 36.0 Å². The van der Waals surface area contributed by atoms with E-state index < -0.39 is 9.84 Å². The van der Waals surface area contributed by atoms with Crippen molar-refractivity contribution in [3.8, 4) is 0 Å². The van der Waals surface area contributed by atoms with Gasteiger partial charge in [-0.15, -0.1) is 0 Å². The number of aryl methyl sites for hydroxylation is 1. The van der Waals surface area contributed by atoms with E-state index in [1.54, 1.807) is 18.2 Å². The summed E-state index contributed by atoms with van der Waals surface area (Å²) in [7, 11) is -2.95. The molecule has 0 radical (unpaired) electrons. The van der Waals surface area contributed by atoms with Crippen LogP contribution in [0, 0.1) is 6.92 Å². The number of anilines is 4. The highest BCUT2D eigenvalue weighted by Crippen LogP contribution is 2.20. The Kier molecular flexibility index (Phi) is 5.08. The molecule has 2 aromatic rings. The molecule has 1 aromatic heterocycles. The molecular formula is C17H21N5O3S. The second-order valence-electron chi connectivity index (χ2n) is 6.35. The first-order valence-corrected chi connectivity index (χ1v) is 10.1. The highest BCUT2D eigenvalue weighted by Gasteiger charge is 2.28. The molecular weight excluding hydrogens is 354 g/mol. The maximum atomic E-state index is 11.6. The molecule has 0 spiro atoms. The predicted octanol–water partition coefficient (Wildman–Crippen LogP) is 2.09. The van der Waals surface area contributed by atoms with E-state index >= 15 is 0 Å². The van der Waals surface area contributed by atoms with Crippen LogP contribution in [0.4, 0.5) is 23.1 Å². The molecule has 1 aliphatic rings. The number of aromatic nitrogens is 2. The van der Waals surface area contributed by atoms with Gasteiger partial charge in [0.05, 0.1) is 11.5 Å². The molecule has 1 aliphatic heterocycles. The molecule has 1 aromatic carbocycles. The topological polar surface area (TPSA) is 113 Å². The van der Waals surface area contributed by atoms with E-state index in [0.717, 1.165) is 11.4 Å². The Morgan fingerprint density at radius 2 is 1.85 bits per heavy atom. The molecule has 138 valence electrons. The molecule has 2 heterocycles. The van der Waals surface area contributed by atoms with Gasteiger partial charge in [0.15, 0.2) is 9.84 Å².